The van der Waals surface area contributed by atoms with Crippen LogP contribution in [0.15, 0.2) is 83.8 Å². The highest BCUT2D eigenvalue weighted by molar-refractivity contribution is 7.89. The molecule has 0 fully saturated rings. The Morgan fingerprint density at radius 3 is 1.93 bits per heavy atom. The van der Waals surface area contributed by atoms with Crippen LogP contribution in [0.3, 0.4) is 0 Å². The van der Waals surface area contributed by atoms with E-state index in [4.69, 9.17) is 0 Å². The molecule has 3 aromatic rings. The minimum Gasteiger partial charge on any atom is -0.295 e. The zero-order valence-corrected chi connectivity index (χ0v) is 16.0. The normalized spacial score (nSPS) is 12.5. The van der Waals surface area contributed by atoms with Gasteiger partial charge in [0.1, 0.15) is 0 Å². The Kier molecular flexibility index (Phi) is 5.54. The van der Waals surface area contributed by atoms with Crippen molar-refractivity contribution in [2.24, 2.45) is 0 Å². The summed E-state index contributed by atoms with van der Waals surface area (Å²) in [4.78, 5) is 11.5. The van der Waals surface area contributed by atoms with Crippen molar-refractivity contribution in [1.82, 2.24) is 4.72 Å². The average molecular weight is 379 g/mol. The monoisotopic (exact) mass is 379 g/mol. The van der Waals surface area contributed by atoms with Gasteiger partial charge in [0.25, 0.3) is 0 Å². The summed E-state index contributed by atoms with van der Waals surface area (Å²) >= 11 is 0. The number of benzene rings is 3. The zero-order chi connectivity index (χ0) is 19.4. The summed E-state index contributed by atoms with van der Waals surface area (Å²) in [6, 6.07) is 23.4. The lowest BCUT2D eigenvalue weighted by Gasteiger charge is -2.15. The first-order valence-electron chi connectivity index (χ1n) is 8.65. The second-order valence-corrected chi connectivity index (χ2v) is 8.13. The SMILES string of the molecule is CC(=O)c1ccc(S(=O)(=O)N[C@@H](C)c2ccc(-c3ccccc3)cc2)cc1. The van der Waals surface area contributed by atoms with Crippen molar-refractivity contribution in [3.05, 3.63) is 90.0 Å². The predicted molar refractivity (Wildman–Crippen MR) is 107 cm³/mol. The number of carbonyl (C=O) groups excluding carboxylic acids is 1. The third kappa shape index (κ3) is 4.51. The average Bonchev–Trinajstić information content (AvgIpc) is 2.68. The van der Waals surface area contributed by atoms with Crippen molar-refractivity contribution in [2.45, 2.75) is 24.8 Å². The minimum atomic E-state index is -3.67. The van der Waals surface area contributed by atoms with Gasteiger partial charge in [-0.1, -0.05) is 66.7 Å². The third-order valence-electron chi connectivity index (χ3n) is 4.42. The zero-order valence-electron chi connectivity index (χ0n) is 15.2. The van der Waals surface area contributed by atoms with Crippen molar-refractivity contribution >= 4 is 15.8 Å². The van der Waals surface area contributed by atoms with Crippen LogP contribution in [0.5, 0.6) is 0 Å². The van der Waals surface area contributed by atoms with E-state index in [-0.39, 0.29) is 16.7 Å². The minimum absolute atomic E-state index is 0.0984. The number of rotatable bonds is 6. The van der Waals surface area contributed by atoms with E-state index < -0.39 is 10.0 Å². The molecule has 138 valence electrons. The maximum Gasteiger partial charge on any atom is 0.241 e. The van der Waals surface area contributed by atoms with E-state index >= 15 is 0 Å². The van der Waals surface area contributed by atoms with E-state index in [2.05, 4.69) is 4.72 Å². The Bertz CT molecular complexity index is 1030. The summed E-state index contributed by atoms with van der Waals surface area (Å²) in [5.74, 6) is -0.0984. The first kappa shape index (κ1) is 19.0. The molecule has 0 spiro atoms. The fourth-order valence-electron chi connectivity index (χ4n) is 2.83. The molecule has 0 aromatic heterocycles. The lowest BCUT2D eigenvalue weighted by atomic mass is 10.0. The van der Waals surface area contributed by atoms with Gasteiger partial charge < -0.3 is 0 Å². The first-order valence-corrected chi connectivity index (χ1v) is 10.1. The molecule has 1 N–H and O–H groups in total. The highest BCUT2D eigenvalue weighted by Crippen LogP contribution is 2.23. The van der Waals surface area contributed by atoms with Crippen molar-refractivity contribution < 1.29 is 13.2 Å². The summed E-state index contributed by atoms with van der Waals surface area (Å²) in [6.45, 7) is 3.25. The van der Waals surface area contributed by atoms with Crippen LogP contribution in [0.4, 0.5) is 0 Å². The van der Waals surface area contributed by atoms with Gasteiger partial charge in [-0.05, 0) is 42.7 Å². The molecular weight excluding hydrogens is 358 g/mol. The van der Waals surface area contributed by atoms with E-state index in [1.54, 1.807) is 6.92 Å². The smallest absolute Gasteiger partial charge is 0.241 e. The fourth-order valence-corrected chi connectivity index (χ4v) is 4.06. The van der Waals surface area contributed by atoms with Crippen LogP contribution in [-0.4, -0.2) is 14.2 Å². The van der Waals surface area contributed by atoms with E-state index in [0.717, 1.165) is 16.7 Å². The number of nitrogens with one attached hydrogen (secondary N) is 1. The number of hydrogen-bond donors (Lipinski definition) is 1. The second-order valence-electron chi connectivity index (χ2n) is 6.41. The van der Waals surface area contributed by atoms with Gasteiger partial charge in [-0.3, -0.25) is 4.79 Å². The maximum absolute atomic E-state index is 12.6. The molecule has 0 heterocycles. The molecule has 4 nitrogen and oxygen atoms in total. The molecule has 0 aliphatic carbocycles. The number of sulfonamides is 1. The van der Waals surface area contributed by atoms with Crippen LogP contribution in [0.2, 0.25) is 0 Å². The van der Waals surface area contributed by atoms with Gasteiger partial charge in [-0.15, -0.1) is 0 Å². The van der Waals surface area contributed by atoms with Crippen LogP contribution in [0.1, 0.15) is 35.8 Å². The van der Waals surface area contributed by atoms with Crippen LogP contribution in [0, 0.1) is 0 Å². The largest absolute Gasteiger partial charge is 0.295 e. The summed E-state index contributed by atoms with van der Waals surface area (Å²) in [5, 5.41) is 0. The fraction of sp³-hybridized carbons (Fsp3) is 0.136. The molecule has 0 aliphatic heterocycles. The summed E-state index contributed by atoms with van der Waals surface area (Å²) < 4.78 is 27.9. The number of hydrogen-bond acceptors (Lipinski definition) is 3. The van der Waals surface area contributed by atoms with Gasteiger partial charge in [0.15, 0.2) is 5.78 Å². The van der Waals surface area contributed by atoms with E-state index in [0.29, 0.717) is 5.56 Å². The number of ketones is 1. The lowest BCUT2D eigenvalue weighted by molar-refractivity contribution is 0.101. The first-order chi connectivity index (χ1) is 12.9. The van der Waals surface area contributed by atoms with E-state index in [1.807, 2.05) is 54.6 Å². The van der Waals surface area contributed by atoms with Gasteiger partial charge in [-0.2, -0.15) is 0 Å². The third-order valence-corrected chi connectivity index (χ3v) is 5.98. The summed E-state index contributed by atoms with van der Waals surface area (Å²) in [6.07, 6.45) is 0. The van der Waals surface area contributed by atoms with Crippen molar-refractivity contribution in [3.8, 4) is 11.1 Å². The van der Waals surface area contributed by atoms with Crippen molar-refractivity contribution in [1.29, 1.82) is 0 Å². The lowest BCUT2D eigenvalue weighted by Crippen LogP contribution is -2.26. The molecule has 0 saturated carbocycles. The van der Waals surface area contributed by atoms with Gasteiger partial charge in [0.05, 0.1) is 4.90 Å². The van der Waals surface area contributed by atoms with Crippen molar-refractivity contribution in [2.75, 3.05) is 0 Å². The molecule has 3 aromatic carbocycles. The van der Waals surface area contributed by atoms with Crippen molar-refractivity contribution in [3.63, 3.8) is 0 Å². The topological polar surface area (TPSA) is 63.2 Å². The second kappa shape index (κ2) is 7.86. The van der Waals surface area contributed by atoms with E-state index in [9.17, 15) is 13.2 Å². The number of carbonyl (C=O) groups is 1. The molecule has 0 bridgehead atoms. The molecule has 0 aliphatic rings. The summed E-state index contributed by atoms with van der Waals surface area (Å²) in [5.41, 5.74) is 3.55. The van der Waals surface area contributed by atoms with E-state index in [1.165, 1.54) is 31.2 Å². The standard InChI is InChI=1S/C22H21NO3S/c1-16(18-8-10-21(11-9-18)20-6-4-3-5-7-20)23-27(25,26)22-14-12-19(13-15-22)17(2)24/h3-16,23H,1-2H3/t16-/m0/s1. The Balaban J connectivity index is 1.75. The molecular formula is C22H21NO3S. The van der Waals surface area contributed by atoms with Gasteiger partial charge in [-0.25, -0.2) is 13.1 Å². The van der Waals surface area contributed by atoms with Gasteiger partial charge >= 0.3 is 0 Å². The van der Waals surface area contributed by atoms with Crippen LogP contribution >= 0.6 is 0 Å². The molecule has 0 radical (unpaired) electrons. The predicted octanol–water partition coefficient (Wildman–Crippen LogP) is 4.60. The highest BCUT2D eigenvalue weighted by Gasteiger charge is 2.18. The Morgan fingerprint density at radius 1 is 0.815 bits per heavy atom. The van der Waals surface area contributed by atoms with Crippen LogP contribution < -0.4 is 4.72 Å². The molecule has 27 heavy (non-hydrogen) atoms. The van der Waals surface area contributed by atoms with Crippen LogP contribution in [0.25, 0.3) is 11.1 Å². The van der Waals surface area contributed by atoms with Crippen LogP contribution in [-0.2, 0) is 10.0 Å². The molecule has 0 amide bonds. The van der Waals surface area contributed by atoms with Gasteiger partial charge in [0.2, 0.25) is 10.0 Å². The Morgan fingerprint density at radius 2 is 1.37 bits per heavy atom. The van der Waals surface area contributed by atoms with Gasteiger partial charge in [0, 0.05) is 11.6 Å². The quantitative estimate of drug-likeness (QED) is 0.637. The number of Topliss-reactive ketones (excluding diaryl/α,β-unsaturated/α-hetero) is 1. The molecule has 1 atom stereocenters. The summed E-state index contributed by atoms with van der Waals surface area (Å²) in [7, 11) is -3.67. The molecule has 0 unspecified atom stereocenters. The highest BCUT2D eigenvalue weighted by atomic mass is 32.2. The molecule has 5 heteroatoms. The molecule has 0 saturated heterocycles. The Labute approximate surface area is 159 Å². The molecule has 3 rings (SSSR count). The maximum atomic E-state index is 12.6. The Hall–Kier alpha value is -2.76.